The Morgan fingerprint density at radius 1 is 1.24 bits per heavy atom. The van der Waals surface area contributed by atoms with Gasteiger partial charge in [-0.3, -0.25) is 4.79 Å². The Labute approximate surface area is 171 Å². The van der Waals surface area contributed by atoms with E-state index in [1.165, 1.54) is 14.0 Å². The van der Waals surface area contributed by atoms with Gasteiger partial charge in [-0.15, -0.1) is 0 Å². The fraction of sp³-hybridized carbons (Fsp3) is 0.667. The average molecular weight is 411 g/mol. The zero-order chi connectivity index (χ0) is 21.9. The van der Waals surface area contributed by atoms with E-state index in [-0.39, 0.29) is 12.8 Å². The van der Waals surface area contributed by atoms with Gasteiger partial charge in [0.2, 0.25) is 5.91 Å². The minimum Gasteiger partial charge on any atom is -0.493 e. The molecule has 1 aromatic rings. The van der Waals surface area contributed by atoms with E-state index < -0.39 is 35.9 Å². The number of aliphatic hydroxyl groups excluding tert-OH is 1. The number of methoxy groups -OCH3 is 2. The zero-order valence-corrected chi connectivity index (χ0v) is 17.8. The number of carbonyl (C=O) groups is 1. The molecule has 3 rings (SSSR count). The molecule has 0 bridgehead atoms. The van der Waals surface area contributed by atoms with Crippen LogP contribution in [0.5, 0.6) is 11.5 Å². The van der Waals surface area contributed by atoms with Gasteiger partial charge in [0, 0.05) is 12.6 Å². The van der Waals surface area contributed by atoms with Crippen LogP contribution in [0.4, 0.5) is 0 Å². The Kier molecular flexibility index (Phi) is 7.50. The second kappa shape index (κ2) is 9.30. The Hall–Kier alpha value is -1.87. The van der Waals surface area contributed by atoms with E-state index >= 15 is 0 Å². The highest BCUT2D eigenvalue weighted by Gasteiger charge is 2.54. The molecule has 4 N–H and O–H groups in total. The van der Waals surface area contributed by atoms with Crippen LogP contribution in [0, 0.1) is 11.8 Å². The average Bonchev–Trinajstić information content (AvgIpc) is 2.70. The van der Waals surface area contributed by atoms with Crippen LogP contribution in [0.3, 0.4) is 0 Å². The summed E-state index contributed by atoms with van der Waals surface area (Å²) in [6.07, 6.45) is -0.206. The summed E-state index contributed by atoms with van der Waals surface area (Å²) in [6.45, 7) is 5.88. The van der Waals surface area contributed by atoms with Crippen molar-refractivity contribution in [3.8, 4) is 11.5 Å². The number of nitrogens with zero attached hydrogens (tertiary/aromatic N) is 1. The van der Waals surface area contributed by atoms with Crippen molar-refractivity contribution in [3.63, 3.8) is 0 Å². The van der Waals surface area contributed by atoms with Crippen LogP contribution in [0.15, 0.2) is 12.1 Å². The summed E-state index contributed by atoms with van der Waals surface area (Å²) in [5.74, 6) is -3.94. The van der Waals surface area contributed by atoms with E-state index in [0.717, 1.165) is 11.1 Å². The Morgan fingerprint density at radius 3 is 2.38 bits per heavy atom. The van der Waals surface area contributed by atoms with Crippen LogP contribution in [0.1, 0.15) is 50.8 Å². The number of hydrogen-bond donors (Lipinski definition) is 4. The number of benzene rings is 1. The number of ether oxygens (including phenoxy) is 2. The molecule has 1 aromatic carbocycles. The topological polar surface area (TPSA) is 120 Å². The van der Waals surface area contributed by atoms with Crippen LogP contribution in [0.25, 0.3) is 0 Å². The number of fused-ring (bicyclic) bond motifs is 3. The fourth-order valence-electron chi connectivity index (χ4n) is 4.34. The van der Waals surface area contributed by atoms with Crippen molar-refractivity contribution in [1.82, 2.24) is 4.90 Å². The largest absolute Gasteiger partial charge is 0.493 e. The summed E-state index contributed by atoms with van der Waals surface area (Å²) >= 11 is 0. The Morgan fingerprint density at radius 2 is 1.83 bits per heavy atom. The SMILES string of the molecule is CC.COc1cc2c(cc1OC)C1CC(O)C(CC(C)C(=O)O)C(O)(O)N1CC2. The molecule has 0 radical (unpaired) electrons. The highest BCUT2D eigenvalue weighted by Crippen LogP contribution is 2.48. The van der Waals surface area contributed by atoms with Crippen molar-refractivity contribution in [2.45, 2.75) is 58.1 Å². The molecule has 2 aliphatic heterocycles. The minimum atomic E-state index is -2.29. The molecular formula is C21H33NO7. The highest BCUT2D eigenvalue weighted by atomic mass is 16.5. The molecule has 8 heteroatoms. The second-order valence-electron chi connectivity index (χ2n) is 7.44. The lowest BCUT2D eigenvalue weighted by Gasteiger charge is -2.53. The third-order valence-electron chi connectivity index (χ3n) is 5.88. The summed E-state index contributed by atoms with van der Waals surface area (Å²) in [5.41, 5.74) is 1.87. The number of carboxylic acid groups (broad SMARTS) is 1. The zero-order valence-electron chi connectivity index (χ0n) is 17.8. The van der Waals surface area contributed by atoms with Gasteiger partial charge in [-0.2, -0.15) is 0 Å². The second-order valence-corrected chi connectivity index (χ2v) is 7.44. The first-order chi connectivity index (χ1) is 13.7. The lowest BCUT2D eigenvalue weighted by atomic mass is 9.76. The van der Waals surface area contributed by atoms with E-state index in [2.05, 4.69) is 0 Å². The molecule has 1 fully saturated rings. The standard InChI is InChI=1S/C19H27NO7.C2H6/c1-10(18(22)23)6-13-15(21)9-14-12-8-17(27-3)16(26-2)7-11(12)4-5-20(14)19(13,24)25;1-2/h7-8,10,13-15,21,24-25H,4-6,9H2,1-3H3,(H,22,23);1-2H3. The van der Waals surface area contributed by atoms with E-state index in [9.17, 15) is 20.1 Å². The molecule has 0 aromatic heterocycles. The first-order valence-corrected chi connectivity index (χ1v) is 10.1. The first-order valence-electron chi connectivity index (χ1n) is 10.1. The number of piperidine rings is 1. The van der Waals surface area contributed by atoms with Gasteiger partial charge in [-0.1, -0.05) is 20.8 Å². The lowest BCUT2D eigenvalue weighted by molar-refractivity contribution is -0.343. The summed E-state index contributed by atoms with van der Waals surface area (Å²) in [5, 5.41) is 41.5. The van der Waals surface area contributed by atoms with E-state index in [1.54, 1.807) is 12.0 Å². The summed E-state index contributed by atoms with van der Waals surface area (Å²) < 4.78 is 10.7. The third-order valence-corrected chi connectivity index (χ3v) is 5.88. The molecule has 2 aliphatic rings. The summed E-state index contributed by atoms with van der Waals surface area (Å²) in [7, 11) is 3.09. The van der Waals surface area contributed by atoms with E-state index in [4.69, 9.17) is 14.6 Å². The number of aliphatic carboxylic acids is 1. The van der Waals surface area contributed by atoms with Gasteiger partial charge in [-0.05, 0) is 42.5 Å². The van der Waals surface area contributed by atoms with Gasteiger partial charge in [0.1, 0.15) is 0 Å². The maximum absolute atomic E-state index is 11.2. The predicted molar refractivity (Wildman–Crippen MR) is 107 cm³/mol. The molecule has 0 aliphatic carbocycles. The quantitative estimate of drug-likeness (QED) is 0.541. The van der Waals surface area contributed by atoms with Gasteiger partial charge in [-0.25, -0.2) is 4.90 Å². The van der Waals surface area contributed by atoms with Gasteiger partial charge < -0.3 is 29.9 Å². The van der Waals surface area contributed by atoms with Crippen LogP contribution in [-0.2, 0) is 11.2 Å². The molecule has 2 heterocycles. The molecule has 164 valence electrons. The van der Waals surface area contributed by atoms with Crippen molar-refractivity contribution in [2.24, 2.45) is 11.8 Å². The smallest absolute Gasteiger partial charge is 0.306 e. The molecule has 0 saturated carbocycles. The summed E-state index contributed by atoms with van der Waals surface area (Å²) in [4.78, 5) is 12.7. The minimum absolute atomic E-state index is 0.0223. The Balaban J connectivity index is 0.00000145. The van der Waals surface area contributed by atoms with Crippen molar-refractivity contribution >= 4 is 5.97 Å². The number of hydrogen-bond acceptors (Lipinski definition) is 7. The molecule has 0 amide bonds. The maximum atomic E-state index is 11.2. The van der Waals surface area contributed by atoms with Gasteiger partial charge in [0.15, 0.2) is 11.5 Å². The molecular weight excluding hydrogens is 378 g/mol. The molecule has 1 saturated heterocycles. The summed E-state index contributed by atoms with van der Waals surface area (Å²) in [6, 6.07) is 3.29. The van der Waals surface area contributed by atoms with E-state index in [0.29, 0.717) is 24.5 Å². The van der Waals surface area contributed by atoms with Crippen LogP contribution in [-0.4, -0.2) is 64.1 Å². The van der Waals surface area contributed by atoms with Gasteiger partial charge in [0.25, 0.3) is 0 Å². The van der Waals surface area contributed by atoms with Gasteiger partial charge >= 0.3 is 5.97 Å². The normalized spacial score (nSPS) is 26.3. The molecule has 4 unspecified atom stereocenters. The van der Waals surface area contributed by atoms with Gasteiger partial charge in [0.05, 0.1) is 32.2 Å². The van der Waals surface area contributed by atoms with E-state index in [1.807, 2.05) is 26.0 Å². The highest BCUT2D eigenvalue weighted by molar-refractivity contribution is 5.69. The maximum Gasteiger partial charge on any atom is 0.306 e. The fourth-order valence-corrected chi connectivity index (χ4v) is 4.34. The van der Waals surface area contributed by atoms with Crippen LogP contribution >= 0.6 is 0 Å². The molecule has 29 heavy (non-hydrogen) atoms. The number of aliphatic hydroxyl groups is 3. The predicted octanol–water partition coefficient (Wildman–Crippen LogP) is 1.76. The van der Waals surface area contributed by atoms with Crippen LogP contribution < -0.4 is 9.47 Å². The van der Waals surface area contributed by atoms with Crippen molar-refractivity contribution in [3.05, 3.63) is 23.3 Å². The molecule has 8 nitrogen and oxygen atoms in total. The van der Waals surface area contributed by atoms with Crippen molar-refractivity contribution in [2.75, 3.05) is 20.8 Å². The number of rotatable bonds is 5. The number of carboxylic acids is 1. The third kappa shape index (κ3) is 4.35. The van der Waals surface area contributed by atoms with Crippen molar-refractivity contribution in [1.29, 1.82) is 0 Å². The lowest BCUT2D eigenvalue weighted by Crippen LogP contribution is -2.64. The Bertz CT molecular complexity index is 721. The monoisotopic (exact) mass is 411 g/mol. The molecule has 4 atom stereocenters. The van der Waals surface area contributed by atoms with Crippen molar-refractivity contribution < 1.29 is 34.7 Å². The first kappa shape index (κ1) is 23.4. The molecule has 0 spiro atoms. The van der Waals surface area contributed by atoms with Crippen LogP contribution in [0.2, 0.25) is 0 Å².